The van der Waals surface area contributed by atoms with Crippen LogP contribution in [0.2, 0.25) is 0 Å². The van der Waals surface area contributed by atoms with Crippen LogP contribution >= 0.6 is 11.3 Å². The van der Waals surface area contributed by atoms with Gasteiger partial charge in [0.25, 0.3) is 5.91 Å². The number of nitriles is 1. The minimum Gasteiger partial charge on any atom is -0.465 e. The molecule has 0 aliphatic rings. The molecule has 6 heteroatoms. The van der Waals surface area contributed by atoms with E-state index >= 15 is 0 Å². The van der Waals surface area contributed by atoms with Crippen LogP contribution in [0.1, 0.15) is 43.8 Å². The number of carbonyl (C=O) groups excluding carboxylic acids is 2. The topological polar surface area (TPSA) is 70.4 Å². The van der Waals surface area contributed by atoms with Crippen LogP contribution in [-0.4, -0.2) is 30.4 Å². The number of amides is 1. The molecule has 1 heterocycles. The first-order chi connectivity index (χ1) is 11.6. The van der Waals surface area contributed by atoms with E-state index in [-0.39, 0.29) is 5.91 Å². The molecule has 0 bridgehead atoms. The lowest BCUT2D eigenvalue weighted by Crippen LogP contribution is -2.30. The molecule has 24 heavy (non-hydrogen) atoms. The lowest BCUT2D eigenvalue weighted by Gasteiger charge is -2.21. The van der Waals surface area contributed by atoms with E-state index in [1.807, 2.05) is 19.1 Å². The van der Waals surface area contributed by atoms with E-state index in [0.717, 1.165) is 23.3 Å². The Kier molecular flexibility index (Phi) is 6.10. The molecule has 0 spiro atoms. The maximum absolute atomic E-state index is 12.7. The van der Waals surface area contributed by atoms with Crippen LogP contribution in [0.5, 0.6) is 0 Å². The molecule has 1 aromatic heterocycles. The van der Waals surface area contributed by atoms with Crippen LogP contribution in [-0.2, 0) is 11.3 Å². The van der Waals surface area contributed by atoms with Gasteiger partial charge in [0.1, 0.15) is 4.88 Å². The summed E-state index contributed by atoms with van der Waals surface area (Å²) in [7, 11) is 1.32. The minimum atomic E-state index is -0.437. The molecule has 0 saturated heterocycles. The van der Waals surface area contributed by atoms with Crippen LogP contribution in [0.25, 0.3) is 0 Å². The van der Waals surface area contributed by atoms with Crippen LogP contribution in [0.15, 0.2) is 36.4 Å². The number of hydrogen-bond donors (Lipinski definition) is 0. The van der Waals surface area contributed by atoms with Crippen LogP contribution in [0.4, 0.5) is 0 Å². The third-order valence-electron chi connectivity index (χ3n) is 3.44. The average molecular weight is 342 g/mol. The molecule has 0 atom stereocenters. The Morgan fingerprint density at radius 2 is 1.83 bits per heavy atom. The van der Waals surface area contributed by atoms with Crippen molar-refractivity contribution < 1.29 is 14.3 Å². The van der Waals surface area contributed by atoms with Crippen LogP contribution in [0, 0.1) is 11.3 Å². The maximum Gasteiger partial charge on any atom is 0.348 e. The molecule has 0 radical (unpaired) electrons. The predicted molar refractivity (Wildman–Crippen MR) is 91.8 cm³/mol. The van der Waals surface area contributed by atoms with Gasteiger partial charge in [0.2, 0.25) is 0 Å². The average Bonchev–Trinajstić information content (AvgIpc) is 3.10. The lowest BCUT2D eigenvalue weighted by atomic mass is 10.1. The van der Waals surface area contributed by atoms with E-state index in [1.165, 1.54) is 7.11 Å². The van der Waals surface area contributed by atoms with Crippen LogP contribution in [0.3, 0.4) is 0 Å². The number of hydrogen-bond acceptors (Lipinski definition) is 5. The van der Waals surface area contributed by atoms with Gasteiger partial charge < -0.3 is 9.64 Å². The summed E-state index contributed by atoms with van der Waals surface area (Å²) < 4.78 is 4.68. The Morgan fingerprint density at radius 1 is 1.17 bits per heavy atom. The summed E-state index contributed by atoms with van der Waals surface area (Å²) in [5.41, 5.74) is 1.55. The number of benzene rings is 1. The van der Waals surface area contributed by atoms with Crippen molar-refractivity contribution in [3.8, 4) is 6.07 Å². The number of esters is 1. The minimum absolute atomic E-state index is 0.110. The molecule has 0 aliphatic heterocycles. The molecule has 1 amide bonds. The summed E-state index contributed by atoms with van der Waals surface area (Å²) >= 11 is 1.14. The molecule has 124 valence electrons. The molecule has 0 aliphatic carbocycles. The Hall–Kier alpha value is -2.65. The van der Waals surface area contributed by atoms with Gasteiger partial charge in [-0.2, -0.15) is 5.26 Å². The first-order valence-corrected chi connectivity index (χ1v) is 8.37. The summed E-state index contributed by atoms with van der Waals surface area (Å²) in [5.74, 6) is -0.547. The Labute approximate surface area is 145 Å². The normalized spacial score (nSPS) is 10.0. The summed E-state index contributed by atoms with van der Waals surface area (Å²) in [5, 5.41) is 8.85. The monoisotopic (exact) mass is 342 g/mol. The third kappa shape index (κ3) is 4.21. The molecule has 0 unspecified atom stereocenters. The Bertz CT molecular complexity index is 759. The zero-order valence-electron chi connectivity index (χ0n) is 13.6. The highest BCUT2D eigenvalue weighted by atomic mass is 32.1. The summed E-state index contributed by atoms with van der Waals surface area (Å²) in [6, 6.07) is 12.5. The largest absolute Gasteiger partial charge is 0.465 e. The summed E-state index contributed by atoms with van der Waals surface area (Å²) in [6.45, 7) is 3.08. The van der Waals surface area contributed by atoms with Crippen molar-refractivity contribution in [3.63, 3.8) is 0 Å². The van der Waals surface area contributed by atoms with E-state index in [4.69, 9.17) is 5.26 Å². The van der Waals surface area contributed by atoms with E-state index in [2.05, 4.69) is 10.8 Å². The molecule has 0 N–H and O–H groups in total. The van der Waals surface area contributed by atoms with Gasteiger partial charge in [-0.25, -0.2) is 4.79 Å². The van der Waals surface area contributed by atoms with Crippen molar-refractivity contribution in [3.05, 3.63) is 57.3 Å². The van der Waals surface area contributed by atoms with Gasteiger partial charge in [-0.3, -0.25) is 4.79 Å². The quantitative estimate of drug-likeness (QED) is 0.754. The van der Waals surface area contributed by atoms with Crippen LogP contribution < -0.4 is 0 Å². The molecule has 0 fully saturated rings. The number of nitrogens with zero attached hydrogens (tertiary/aromatic N) is 2. The first-order valence-electron chi connectivity index (χ1n) is 7.55. The number of methoxy groups -OCH3 is 1. The van der Waals surface area contributed by atoms with Crippen molar-refractivity contribution in [2.24, 2.45) is 0 Å². The molecule has 1 aromatic carbocycles. The van der Waals surface area contributed by atoms with Crippen molar-refractivity contribution in [2.75, 3.05) is 13.7 Å². The van der Waals surface area contributed by atoms with Gasteiger partial charge >= 0.3 is 5.97 Å². The second kappa shape index (κ2) is 8.27. The second-order valence-corrected chi connectivity index (χ2v) is 6.27. The van der Waals surface area contributed by atoms with E-state index in [1.54, 1.807) is 29.2 Å². The zero-order valence-corrected chi connectivity index (χ0v) is 14.4. The van der Waals surface area contributed by atoms with Gasteiger partial charge in [-0.1, -0.05) is 19.1 Å². The highest BCUT2D eigenvalue weighted by molar-refractivity contribution is 7.15. The standard InChI is InChI=1S/C18H18N2O3S/c1-3-10-20(12-14-6-4-13(11-19)5-7-14)17(21)15-8-9-16(24-15)18(22)23-2/h4-9H,3,10,12H2,1-2H3. The van der Waals surface area contributed by atoms with Gasteiger partial charge in [0.15, 0.2) is 0 Å². The highest BCUT2D eigenvalue weighted by Gasteiger charge is 2.19. The van der Waals surface area contributed by atoms with Crippen molar-refractivity contribution in [2.45, 2.75) is 19.9 Å². The van der Waals surface area contributed by atoms with Crippen molar-refractivity contribution in [1.29, 1.82) is 5.26 Å². The molecule has 0 saturated carbocycles. The van der Waals surface area contributed by atoms with Gasteiger partial charge in [0.05, 0.1) is 23.6 Å². The fourth-order valence-electron chi connectivity index (χ4n) is 2.25. The molecular formula is C18H18N2O3S. The first kappa shape index (κ1) is 17.7. The van der Waals surface area contributed by atoms with Gasteiger partial charge in [-0.15, -0.1) is 11.3 Å². The SMILES string of the molecule is CCCN(Cc1ccc(C#N)cc1)C(=O)c1ccc(C(=O)OC)s1. The number of ether oxygens (including phenoxy) is 1. The molecule has 5 nitrogen and oxygen atoms in total. The molecular weight excluding hydrogens is 324 g/mol. The lowest BCUT2D eigenvalue weighted by molar-refractivity contribution is 0.0606. The fourth-order valence-corrected chi connectivity index (χ4v) is 3.14. The summed E-state index contributed by atoms with van der Waals surface area (Å²) in [4.78, 5) is 26.9. The van der Waals surface area contributed by atoms with E-state index in [0.29, 0.717) is 28.4 Å². The van der Waals surface area contributed by atoms with Crippen molar-refractivity contribution >= 4 is 23.2 Å². The Morgan fingerprint density at radius 3 is 2.42 bits per heavy atom. The number of thiophene rings is 1. The Balaban J connectivity index is 2.16. The highest BCUT2D eigenvalue weighted by Crippen LogP contribution is 2.20. The number of carbonyl (C=O) groups is 2. The zero-order chi connectivity index (χ0) is 17.5. The van der Waals surface area contributed by atoms with E-state index in [9.17, 15) is 9.59 Å². The fraction of sp³-hybridized carbons (Fsp3) is 0.278. The summed E-state index contributed by atoms with van der Waals surface area (Å²) in [6.07, 6.45) is 0.831. The predicted octanol–water partition coefficient (Wildman–Crippen LogP) is 3.46. The molecule has 2 rings (SSSR count). The van der Waals surface area contributed by atoms with Gasteiger partial charge in [0, 0.05) is 13.1 Å². The second-order valence-electron chi connectivity index (χ2n) is 5.19. The third-order valence-corrected chi connectivity index (χ3v) is 4.49. The van der Waals surface area contributed by atoms with Gasteiger partial charge in [-0.05, 0) is 36.2 Å². The smallest absolute Gasteiger partial charge is 0.348 e. The molecule has 2 aromatic rings. The maximum atomic E-state index is 12.7. The van der Waals surface area contributed by atoms with E-state index < -0.39 is 5.97 Å². The number of rotatable bonds is 6. The van der Waals surface area contributed by atoms with Crippen molar-refractivity contribution in [1.82, 2.24) is 4.90 Å².